The van der Waals surface area contributed by atoms with Crippen molar-refractivity contribution < 1.29 is 0 Å². The first kappa shape index (κ1) is 12.6. The van der Waals surface area contributed by atoms with Gasteiger partial charge in [0, 0.05) is 28.9 Å². The molecule has 0 radical (unpaired) electrons. The summed E-state index contributed by atoms with van der Waals surface area (Å²) in [5.41, 5.74) is 2.61. The van der Waals surface area contributed by atoms with Gasteiger partial charge in [-0.1, -0.05) is 23.2 Å². The number of aromatic nitrogens is 1. The van der Waals surface area contributed by atoms with Crippen molar-refractivity contribution in [3.8, 4) is 0 Å². The molecule has 5 heteroatoms. The second-order valence-corrected chi connectivity index (χ2v) is 5.48. The molecule has 0 unspecified atom stereocenters. The Hall–Kier alpha value is -1.45. The minimum Gasteiger partial charge on any atom is -0.345 e. The van der Waals surface area contributed by atoms with Crippen molar-refractivity contribution in [3.05, 3.63) is 55.8 Å². The van der Waals surface area contributed by atoms with Gasteiger partial charge in [-0.2, -0.15) is 0 Å². The van der Waals surface area contributed by atoms with E-state index in [2.05, 4.69) is 4.98 Å². The van der Waals surface area contributed by atoms with Crippen LogP contribution in [0.2, 0.25) is 10.0 Å². The number of hydrogen-bond donors (Lipinski definition) is 1. The number of halogens is 2. The summed E-state index contributed by atoms with van der Waals surface area (Å²) in [5.74, 6) is 0.842. The second kappa shape index (κ2) is 4.58. The first-order chi connectivity index (χ1) is 9.06. The molecular formula is C14H12Cl2N2O. The Kier molecular flexibility index (Phi) is 3.03. The monoisotopic (exact) mass is 294 g/mol. The number of nitrogens with zero attached hydrogens (tertiary/aromatic N) is 1. The van der Waals surface area contributed by atoms with E-state index in [0.29, 0.717) is 10.0 Å². The van der Waals surface area contributed by atoms with E-state index in [0.717, 1.165) is 35.7 Å². The molecule has 0 saturated carbocycles. The molecule has 0 amide bonds. The lowest BCUT2D eigenvalue weighted by Gasteiger charge is -2.20. The van der Waals surface area contributed by atoms with Crippen LogP contribution in [-0.4, -0.2) is 11.5 Å². The van der Waals surface area contributed by atoms with Gasteiger partial charge in [0.25, 0.3) is 0 Å². The first-order valence-corrected chi connectivity index (χ1v) is 6.77. The zero-order chi connectivity index (χ0) is 13.6. The van der Waals surface area contributed by atoms with E-state index in [9.17, 15) is 4.79 Å². The summed E-state index contributed by atoms with van der Waals surface area (Å²) in [7, 11) is 0. The molecule has 1 N–H and O–H groups in total. The molecule has 3 rings (SSSR count). The standard InChI is InChI=1S/C14H12Cl2N2O/c1-8-6-13(19)10-4-5-18(14(10)17-8)12-3-2-9(15)7-11(12)16/h2-3,6-7H,4-5H2,1H3,(H,17,19). The van der Waals surface area contributed by atoms with Gasteiger partial charge in [-0.3, -0.25) is 4.79 Å². The van der Waals surface area contributed by atoms with E-state index in [-0.39, 0.29) is 5.43 Å². The Bertz CT molecular complexity index is 709. The van der Waals surface area contributed by atoms with Crippen molar-refractivity contribution >= 4 is 34.7 Å². The Balaban J connectivity index is 2.14. The van der Waals surface area contributed by atoms with E-state index in [1.54, 1.807) is 18.2 Å². The molecule has 0 spiro atoms. The lowest BCUT2D eigenvalue weighted by atomic mass is 10.2. The summed E-state index contributed by atoms with van der Waals surface area (Å²) < 4.78 is 0. The maximum atomic E-state index is 11.9. The van der Waals surface area contributed by atoms with Crippen molar-refractivity contribution in [1.82, 2.24) is 4.98 Å². The molecule has 2 heterocycles. The average molecular weight is 295 g/mol. The molecule has 1 aliphatic heterocycles. The van der Waals surface area contributed by atoms with E-state index < -0.39 is 0 Å². The van der Waals surface area contributed by atoms with Crippen molar-refractivity contribution in [3.63, 3.8) is 0 Å². The van der Waals surface area contributed by atoms with Gasteiger partial charge < -0.3 is 9.88 Å². The molecule has 1 aromatic heterocycles. The molecule has 1 aromatic carbocycles. The van der Waals surface area contributed by atoms with Crippen LogP contribution in [0.25, 0.3) is 0 Å². The summed E-state index contributed by atoms with van der Waals surface area (Å²) in [4.78, 5) is 17.2. The lowest BCUT2D eigenvalue weighted by Crippen LogP contribution is -2.15. The van der Waals surface area contributed by atoms with Crippen LogP contribution in [0.3, 0.4) is 0 Å². The number of aromatic amines is 1. The van der Waals surface area contributed by atoms with Crippen molar-refractivity contribution in [2.75, 3.05) is 11.4 Å². The number of hydrogen-bond acceptors (Lipinski definition) is 2. The molecule has 98 valence electrons. The second-order valence-electron chi connectivity index (χ2n) is 4.64. The van der Waals surface area contributed by atoms with Gasteiger partial charge in [0.05, 0.1) is 10.7 Å². The number of aryl methyl sites for hydroxylation is 1. The zero-order valence-electron chi connectivity index (χ0n) is 10.3. The normalized spacial score (nSPS) is 13.7. The maximum absolute atomic E-state index is 11.9. The molecule has 0 bridgehead atoms. The molecule has 1 aliphatic rings. The van der Waals surface area contributed by atoms with Gasteiger partial charge in [-0.05, 0) is 31.5 Å². The first-order valence-electron chi connectivity index (χ1n) is 6.01. The van der Waals surface area contributed by atoms with E-state index in [4.69, 9.17) is 23.2 Å². The number of nitrogens with one attached hydrogen (secondary N) is 1. The summed E-state index contributed by atoms with van der Waals surface area (Å²) in [6, 6.07) is 7.02. The summed E-state index contributed by atoms with van der Waals surface area (Å²) in [6.45, 7) is 2.62. The molecular weight excluding hydrogens is 283 g/mol. The average Bonchev–Trinajstić information content (AvgIpc) is 2.73. The summed E-state index contributed by atoms with van der Waals surface area (Å²) in [6.07, 6.45) is 0.726. The quantitative estimate of drug-likeness (QED) is 0.871. The third kappa shape index (κ3) is 2.13. The molecule has 19 heavy (non-hydrogen) atoms. The van der Waals surface area contributed by atoms with Gasteiger partial charge in [0.15, 0.2) is 5.43 Å². The van der Waals surface area contributed by atoms with E-state index >= 15 is 0 Å². The van der Waals surface area contributed by atoms with Gasteiger partial charge in [0.2, 0.25) is 0 Å². The molecule has 2 aromatic rings. The lowest BCUT2D eigenvalue weighted by molar-refractivity contribution is 0.987. The fraction of sp³-hybridized carbons (Fsp3) is 0.214. The predicted octanol–water partition coefficient (Wildman–Crippen LogP) is 3.68. The largest absolute Gasteiger partial charge is 0.345 e. The van der Waals surface area contributed by atoms with Gasteiger partial charge in [-0.15, -0.1) is 0 Å². The summed E-state index contributed by atoms with van der Waals surface area (Å²) >= 11 is 12.2. The SMILES string of the molecule is Cc1cc(=O)c2c([nH]1)N(c1ccc(Cl)cc1Cl)CC2. The van der Waals surface area contributed by atoms with Crippen LogP contribution in [0.1, 0.15) is 11.3 Å². The van der Waals surface area contributed by atoms with Gasteiger partial charge >= 0.3 is 0 Å². The van der Waals surface area contributed by atoms with Crippen molar-refractivity contribution in [2.45, 2.75) is 13.3 Å². The smallest absolute Gasteiger partial charge is 0.187 e. The van der Waals surface area contributed by atoms with Crippen LogP contribution >= 0.6 is 23.2 Å². The number of fused-ring (bicyclic) bond motifs is 1. The predicted molar refractivity (Wildman–Crippen MR) is 79.0 cm³/mol. The Morgan fingerprint density at radius 1 is 1.26 bits per heavy atom. The third-order valence-electron chi connectivity index (χ3n) is 3.30. The maximum Gasteiger partial charge on any atom is 0.187 e. The highest BCUT2D eigenvalue weighted by Crippen LogP contribution is 2.36. The third-order valence-corrected chi connectivity index (χ3v) is 3.84. The fourth-order valence-electron chi connectivity index (χ4n) is 2.45. The van der Waals surface area contributed by atoms with Crippen LogP contribution in [0.5, 0.6) is 0 Å². The van der Waals surface area contributed by atoms with Crippen molar-refractivity contribution in [2.24, 2.45) is 0 Å². The molecule has 0 fully saturated rings. The highest BCUT2D eigenvalue weighted by atomic mass is 35.5. The van der Waals surface area contributed by atoms with Crippen LogP contribution in [0, 0.1) is 6.92 Å². The van der Waals surface area contributed by atoms with Crippen molar-refractivity contribution in [1.29, 1.82) is 0 Å². The van der Waals surface area contributed by atoms with Gasteiger partial charge in [-0.25, -0.2) is 0 Å². The van der Waals surface area contributed by atoms with Crippen LogP contribution in [-0.2, 0) is 6.42 Å². The number of H-pyrrole nitrogens is 1. The molecule has 0 saturated heterocycles. The minimum absolute atomic E-state index is 0.0823. The number of anilines is 2. The van der Waals surface area contributed by atoms with E-state index in [1.807, 2.05) is 17.9 Å². The van der Waals surface area contributed by atoms with Gasteiger partial charge in [0.1, 0.15) is 5.82 Å². The zero-order valence-corrected chi connectivity index (χ0v) is 11.8. The minimum atomic E-state index is 0.0823. The van der Waals surface area contributed by atoms with Crippen LogP contribution < -0.4 is 10.3 Å². The Morgan fingerprint density at radius 2 is 2.05 bits per heavy atom. The highest BCUT2D eigenvalue weighted by molar-refractivity contribution is 6.36. The molecule has 3 nitrogen and oxygen atoms in total. The highest BCUT2D eigenvalue weighted by Gasteiger charge is 2.25. The van der Waals surface area contributed by atoms with Crippen LogP contribution in [0.15, 0.2) is 29.1 Å². The molecule has 0 atom stereocenters. The van der Waals surface area contributed by atoms with Crippen LogP contribution in [0.4, 0.5) is 11.5 Å². The fourth-order valence-corrected chi connectivity index (χ4v) is 2.96. The number of rotatable bonds is 1. The Morgan fingerprint density at radius 3 is 2.79 bits per heavy atom. The number of pyridine rings is 1. The number of benzene rings is 1. The molecule has 0 aliphatic carbocycles. The topological polar surface area (TPSA) is 36.1 Å². The van der Waals surface area contributed by atoms with E-state index in [1.165, 1.54) is 0 Å². The Labute approximate surface area is 120 Å². The summed E-state index contributed by atoms with van der Waals surface area (Å²) in [5, 5.41) is 1.19.